The predicted molar refractivity (Wildman–Crippen MR) is 65.8 cm³/mol. The molecule has 6 nitrogen and oxygen atoms in total. The first-order chi connectivity index (χ1) is 8.84. The summed E-state index contributed by atoms with van der Waals surface area (Å²) >= 11 is 1.67. The van der Waals surface area contributed by atoms with Gasteiger partial charge in [-0.2, -0.15) is 11.3 Å². The Labute approximate surface area is 108 Å². The van der Waals surface area contributed by atoms with Crippen molar-refractivity contribution in [3.8, 4) is 0 Å². The highest BCUT2D eigenvalue weighted by atomic mass is 32.1. The average molecular weight is 263 g/mol. The summed E-state index contributed by atoms with van der Waals surface area (Å²) in [5.41, 5.74) is 1.24. The Morgan fingerprint density at radius 2 is 2.50 bits per heavy atom. The molecule has 1 aliphatic rings. The van der Waals surface area contributed by atoms with Gasteiger partial charge in [0, 0.05) is 6.54 Å². The lowest BCUT2D eigenvalue weighted by atomic mass is 10.1. The van der Waals surface area contributed by atoms with Gasteiger partial charge in [0.05, 0.1) is 6.04 Å². The SMILES string of the molecule is O=C(Cn1cnnn1)N1CCCC1c1ccsc1. The first kappa shape index (κ1) is 11.3. The van der Waals surface area contributed by atoms with Gasteiger partial charge in [-0.05, 0) is 45.7 Å². The Bertz CT molecular complexity index is 510. The number of amides is 1. The molecule has 1 amide bonds. The Morgan fingerprint density at radius 3 is 3.22 bits per heavy atom. The molecule has 1 aliphatic heterocycles. The number of tetrazole rings is 1. The number of carbonyl (C=O) groups excluding carboxylic acids is 1. The lowest BCUT2D eigenvalue weighted by molar-refractivity contribution is -0.133. The van der Waals surface area contributed by atoms with Crippen molar-refractivity contribution in [3.05, 3.63) is 28.7 Å². The first-order valence-corrected chi connectivity index (χ1v) is 6.81. The van der Waals surface area contributed by atoms with E-state index in [2.05, 4.69) is 32.4 Å². The molecule has 0 radical (unpaired) electrons. The van der Waals surface area contributed by atoms with Crippen molar-refractivity contribution in [2.75, 3.05) is 6.54 Å². The first-order valence-electron chi connectivity index (χ1n) is 5.87. The summed E-state index contributed by atoms with van der Waals surface area (Å²) in [6, 6.07) is 2.32. The number of thiophene rings is 1. The molecule has 0 spiro atoms. The van der Waals surface area contributed by atoms with E-state index in [9.17, 15) is 4.79 Å². The second kappa shape index (κ2) is 4.85. The van der Waals surface area contributed by atoms with Crippen LogP contribution < -0.4 is 0 Å². The van der Waals surface area contributed by atoms with Crippen molar-refractivity contribution in [1.29, 1.82) is 0 Å². The number of nitrogens with zero attached hydrogens (tertiary/aromatic N) is 5. The van der Waals surface area contributed by atoms with Crippen LogP contribution >= 0.6 is 11.3 Å². The van der Waals surface area contributed by atoms with Crippen LogP contribution in [0.3, 0.4) is 0 Å². The normalized spacial score (nSPS) is 19.3. The molecule has 1 saturated heterocycles. The lowest BCUT2D eigenvalue weighted by Gasteiger charge is -2.24. The highest BCUT2D eigenvalue weighted by Crippen LogP contribution is 2.33. The minimum atomic E-state index is 0.0796. The number of hydrogen-bond donors (Lipinski definition) is 0. The van der Waals surface area contributed by atoms with Gasteiger partial charge in [0.25, 0.3) is 0 Å². The minimum absolute atomic E-state index is 0.0796. The minimum Gasteiger partial charge on any atom is -0.334 e. The fraction of sp³-hybridized carbons (Fsp3) is 0.455. The van der Waals surface area contributed by atoms with Gasteiger partial charge in [0.2, 0.25) is 5.91 Å². The molecule has 0 aromatic carbocycles. The largest absolute Gasteiger partial charge is 0.334 e. The summed E-state index contributed by atoms with van der Waals surface area (Å²) in [7, 11) is 0. The molecule has 3 rings (SSSR count). The van der Waals surface area contributed by atoms with Crippen LogP contribution in [-0.2, 0) is 11.3 Å². The Morgan fingerprint density at radius 1 is 1.56 bits per heavy atom. The summed E-state index contributed by atoms with van der Waals surface area (Å²) in [5, 5.41) is 15.0. The van der Waals surface area contributed by atoms with Gasteiger partial charge >= 0.3 is 0 Å². The number of hydrogen-bond acceptors (Lipinski definition) is 5. The molecule has 94 valence electrons. The molecule has 0 bridgehead atoms. The third-order valence-electron chi connectivity index (χ3n) is 3.19. The van der Waals surface area contributed by atoms with Gasteiger partial charge in [-0.25, -0.2) is 4.68 Å². The molecule has 2 aromatic heterocycles. The van der Waals surface area contributed by atoms with Gasteiger partial charge < -0.3 is 4.90 Å². The molecule has 1 atom stereocenters. The van der Waals surface area contributed by atoms with Crippen LogP contribution in [0.5, 0.6) is 0 Å². The average Bonchev–Trinajstić information content (AvgIpc) is 3.11. The monoisotopic (exact) mass is 263 g/mol. The van der Waals surface area contributed by atoms with Gasteiger partial charge in [-0.3, -0.25) is 4.79 Å². The fourth-order valence-corrected chi connectivity index (χ4v) is 3.07. The van der Waals surface area contributed by atoms with Crippen molar-refractivity contribution in [2.45, 2.75) is 25.4 Å². The summed E-state index contributed by atoms with van der Waals surface area (Å²) in [6.45, 7) is 1.04. The van der Waals surface area contributed by atoms with Gasteiger partial charge in [0.15, 0.2) is 0 Å². The third kappa shape index (κ3) is 2.13. The van der Waals surface area contributed by atoms with E-state index in [1.54, 1.807) is 11.3 Å². The van der Waals surface area contributed by atoms with E-state index in [4.69, 9.17) is 0 Å². The third-order valence-corrected chi connectivity index (χ3v) is 3.89. The summed E-state index contributed by atoms with van der Waals surface area (Å²) < 4.78 is 1.46. The quantitative estimate of drug-likeness (QED) is 0.831. The number of likely N-dealkylation sites (tertiary alicyclic amines) is 1. The maximum absolute atomic E-state index is 12.2. The zero-order valence-corrected chi connectivity index (χ0v) is 10.6. The van der Waals surface area contributed by atoms with E-state index >= 15 is 0 Å². The Kier molecular flexibility index (Phi) is 3.06. The molecule has 2 aromatic rings. The standard InChI is InChI=1S/C11H13N5OS/c17-11(6-15-8-12-13-14-15)16-4-1-2-10(16)9-3-5-18-7-9/h3,5,7-8,10H,1-2,4,6H2. The summed E-state index contributed by atoms with van der Waals surface area (Å²) in [6.07, 6.45) is 3.56. The van der Waals surface area contributed by atoms with Gasteiger partial charge in [-0.15, -0.1) is 5.10 Å². The molecule has 7 heteroatoms. The molecular weight excluding hydrogens is 250 g/mol. The van der Waals surface area contributed by atoms with Crippen LogP contribution in [0.1, 0.15) is 24.4 Å². The smallest absolute Gasteiger partial charge is 0.244 e. The maximum Gasteiger partial charge on any atom is 0.244 e. The van der Waals surface area contributed by atoms with Crippen LogP contribution in [0.15, 0.2) is 23.2 Å². The fourth-order valence-electron chi connectivity index (χ4n) is 2.36. The lowest BCUT2D eigenvalue weighted by Crippen LogP contribution is -2.33. The Hall–Kier alpha value is -1.76. The Balaban J connectivity index is 1.73. The maximum atomic E-state index is 12.2. The van der Waals surface area contributed by atoms with E-state index in [0.717, 1.165) is 19.4 Å². The summed E-state index contributed by atoms with van der Waals surface area (Å²) in [4.78, 5) is 14.2. The molecule has 0 aliphatic carbocycles. The zero-order chi connectivity index (χ0) is 12.4. The number of rotatable bonds is 3. The van der Waals surface area contributed by atoms with E-state index in [-0.39, 0.29) is 18.5 Å². The predicted octanol–water partition coefficient (Wildman–Crippen LogP) is 1.10. The molecule has 1 unspecified atom stereocenters. The van der Waals surface area contributed by atoms with Crippen molar-refractivity contribution in [1.82, 2.24) is 25.1 Å². The van der Waals surface area contributed by atoms with E-state index in [0.29, 0.717) is 0 Å². The van der Waals surface area contributed by atoms with Crippen molar-refractivity contribution in [3.63, 3.8) is 0 Å². The van der Waals surface area contributed by atoms with Crippen molar-refractivity contribution in [2.24, 2.45) is 0 Å². The van der Waals surface area contributed by atoms with Crippen LogP contribution in [0.25, 0.3) is 0 Å². The van der Waals surface area contributed by atoms with Crippen LogP contribution in [0.4, 0.5) is 0 Å². The van der Waals surface area contributed by atoms with E-state index in [1.807, 2.05) is 4.90 Å². The van der Waals surface area contributed by atoms with E-state index < -0.39 is 0 Å². The number of carbonyl (C=O) groups is 1. The van der Waals surface area contributed by atoms with E-state index in [1.165, 1.54) is 16.6 Å². The van der Waals surface area contributed by atoms with Crippen molar-refractivity contribution >= 4 is 17.2 Å². The highest BCUT2D eigenvalue weighted by molar-refractivity contribution is 7.07. The molecule has 1 fully saturated rings. The van der Waals surface area contributed by atoms with Crippen LogP contribution in [0.2, 0.25) is 0 Å². The molecule has 3 heterocycles. The summed E-state index contributed by atoms with van der Waals surface area (Å²) in [5.74, 6) is 0.0796. The second-order valence-electron chi connectivity index (χ2n) is 4.31. The van der Waals surface area contributed by atoms with Crippen LogP contribution in [-0.4, -0.2) is 37.6 Å². The molecule has 18 heavy (non-hydrogen) atoms. The van der Waals surface area contributed by atoms with Crippen molar-refractivity contribution < 1.29 is 4.79 Å². The second-order valence-corrected chi connectivity index (χ2v) is 5.09. The molecule has 0 N–H and O–H groups in total. The topological polar surface area (TPSA) is 63.9 Å². The van der Waals surface area contributed by atoms with Gasteiger partial charge in [-0.1, -0.05) is 0 Å². The van der Waals surface area contributed by atoms with Crippen LogP contribution in [0, 0.1) is 0 Å². The zero-order valence-electron chi connectivity index (χ0n) is 9.77. The molecular formula is C11H13N5OS. The molecule has 0 saturated carbocycles. The number of aromatic nitrogens is 4. The highest BCUT2D eigenvalue weighted by Gasteiger charge is 2.30. The van der Waals surface area contributed by atoms with Gasteiger partial charge in [0.1, 0.15) is 12.9 Å².